The molecule has 4 aliphatic rings. The van der Waals surface area contributed by atoms with Crippen LogP contribution in [0.25, 0.3) is 0 Å². The van der Waals surface area contributed by atoms with E-state index in [2.05, 4.69) is 55.2 Å². The maximum Gasteiger partial charge on any atom is 0.311 e. The molecule has 0 bridgehead atoms. The Kier molecular flexibility index (Phi) is 5.72. The van der Waals surface area contributed by atoms with Gasteiger partial charge in [-0.25, -0.2) is 0 Å². The van der Waals surface area contributed by atoms with Gasteiger partial charge in [0.2, 0.25) is 0 Å². The van der Waals surface area contributed by atoms with E-state index in [1.807, 2.05) is 0 Å². The summed E-state index contributed by atoms with van der Waals surface area (Å²) in [5.74, 6) is 0.803. The number of piperidine rings is 1. The van der Waals surface area contributed by atoms with Crippen LogP contribution in [0.3, 0.4) is 0 Å². The minimum absolute atomic E-state index is 0.0720. The lowest BCUT2D eigenvalue weighted by Crippen LogP contribution is -2.55. The monoisotopic (exact) mass is 423 g/mol. The number of ether oxygens (including phenoxy) is 1. The van der Waals surface area contributed by atoms with Crippen molar-refractivity contribution >= 4 is 5.97 Å². The molecule has 31 heavy (non-hydrogen) atoms. The van der Waals surface area contributed by atoms with E-state index in [9.17, 15) is 9.90 Å². The Labute approximate surface area is 186 Å². The quantitative estimate of drug-likeness (QED) is 0.582. The van der Waals surface area contributed by atoms with Crippen molar-refractivity contribution in [3.8, 4) is 0 Å². The van der Waals surface area contributed by atoms with Gasteiger partial charge in [0.15, 0.2) is 0 Å². The Hall–Kier alpha value is -1.65. The summed E-state index contributed by atoms with van der Waals surface area (Å²) in [7, 11) is 0. The number of rotatable bonds is 4. The molecule has 4 nitrogen and oxygen atoms in total. The summed E-state index contributed by atoms with van der Waals surface area (Å²) in [6.07, 6.45) is 8.16. The van der Waals surface area contributed by atoms with Crippen molar-refractivity contribution in [2.75, 3.05) is 19.6 Å². The van der Waals surface area contributed by atoms with Gasteiger partial charge in [-0.1, -0.05) is 55.8 Å². The maximum absolute atomic E-state index is 12.9. The Morgan fingerprint density at radius 3 is 2.65 bits per heavy atom. The number of likely N-dealkylation sites (tertiary alicyclic amines) is 1. The molecule has 0 amide bonds. The molecule has 1 aromatic rings. The van der Waals surface area contributed by atoms with Crippen LogP contribution in [0.4, 0.5) is 0 Å². The molecule has 2 aliphatic carbocycles. The molecule has 2 heterocycles. The molecule has 168 valence electrons. The Bertz CT molecular complexity index is 828. The van der Waals surface area contributed by atoms with E-state index in [0.717, 1.165) is 51.2 Å². The van der Waals surface area contributed by atoms with E-state index < -0.39 is 6.10 Å². The average Bonchev–Trinajstić information content (AvgIpc) is 3.07. The molecule has 2 aliphatic heterocycles. The summed E-state index contributed by atoms with van der Waals surface area (Å²) in [5.41, 5.74) is 2.52. The number of benzene rings is 1. The van der Waals surface area contributed by atoms with Crippen molar-refractivity contribution in [2.24, 2.45) is 29.1 Å². The van der Waals surface area contributed by atoms with E-state index in [4.69, 9.17) is 4.74 Å². The fourth-order valence-electron chi connectivity index (χ4n) is 6.87. The molecule has 0 radical (unpaired) electrons. The zero-order valence-corrected chi connectivity index (χ0v) is 19.0. The third kappa shape index (κ3) is 3.76. The third-order valence-electron chi connectivity index (χ3n) is 9.10. The molecule has 1 N–H and O–H groups in total. The fourth-order valence-corrected chi connectivity index (χ4v) is 6.87. The summed E-state index contributed by atoms with van der Waals surface area (Å²) in [6.45, 7) is 7.29. The number of aliphatic hydroxyl groups is 1. The molecular formula is C27H37NO3. The number of carbonyl (C=O) groups is 1. The Balaban J connectivity index is 1.24. The normalized spacial score (nSPS) is 38.9. The topological polar surface area (TPSA) is 49.8 Å². The SMILES string of the molecule is CC1CCC=C2CC3OC(=O)C(CN4CCC(Cc5ccccc5)CC4)C3C(O)C21C. The molecule has 2 saturated heterocycles. The van der Waals surface area contributed by atoms with Gasteiger partial charge in [0.1, 0.15) is 6.10 Å². The zero-order chi connectivity index (χ0) is 21.6. The van der Waals surface area contributed by atoms with E-state index in [-0.39, 0.29) is 29.3 Å². The average molecular weight is 424 g/mol. The Morgan fingerprint density at radius 2 is 1.90 bits per heavy atom. The second kappa shape index (κ2) is 8.37. The van der Waals surface area contributed by atoms with E-state index in [1.54, 1.807) is 0 Å². The molecule has 1 saturated carbocycles. The first-order valence-electron chi connectivity index (χ1n) is 12.3. The van der Waals surface area contributed by atoms with Crippen molar-refractivity contribution in [1.82, 2.24) is 4.90 Å². The summed E-state index contributed by atoms with van der Waals surface area (Å²) in [6, 6.07) is 10.8. The van der Waals surface area contributed by atoms with Gasteiger partial charge in [-0.3, -0.25) is 4.79 Å². The van der Waals surface area contributed by atoms with E-state index >= 15 is 0 Å². The molecule has 4 heteroatoms. The highest BCUT2D eigenvalue weighted by molar-refractivity contribution is 5.76. The second-order valence-corrected chi connectivity index (χ2v) is 10.7. The maximum atomic E-state index is 12.9. The lowest BCUT2D eigenvalue weighted by Gasteiger charge is -2.52. The molecular weight excluding hydrogens is 386 g/mol. The van der Waals surface area contributed by atoms with Crippen LogP contribution in [-0.4, -0.2) is 47.8 Å². The summed E-state index contributed by atoms with van der Waals surface area (Å²) < 4.78 is 5.85. The van der Waals surface area contributed by atoms with E-state index in [1.165, 1.54) is 24.0 Å². The standard InChI is InChI=1S/C27H37NO3/c1-18-7-6-10-21-16-23-24(25(29)27(18,21)2)22(26(30)31-23)17-28-13-11-20(12-14-28)15-19-8-4-3-5-9-19/h3-5,8-10,18,20,22-25,29H,6-7,11-17H2,1-2H3. The van der Waals surface area contributed by atoms with Gasteiger partial charge >= 0.3 is 5.97 Å². The van der Waals surface area contributed by atoms with Gasteiger partial charge in [0.25, 0.3) is 0 Å². The first-order valence-corrected chi connectivity index (χ1v) is 12.3. The minimum atomic E-state index is -0.500. The van der Waals surface area contributed by atoms with Crippen LogP contribution in [0.15, 0.2) is 42.0 Å². The summed E-state index contributed by atoms with van der Waals surface area (Å²) in [5, 5.41) is 11.5. The number of carbonyl (C=O) groups excluding carboxylic acids is 1. The first-order chi connectivity index (χ1) is 15.0. The van der Waals surface area contributed by atoms with Crippen LogP contribution < -0.4 is 0 Å². The van der Waals surface area contributed by atoms with Crippen LogP contribution in [0.2, 0.25) is 0 Å². The molecule has 1 aromatic carbocycles. The second-order valence-electron chi connectivity index (χ2n) is 10.7. The van der Waals surface area contributed by atoms with Crippen LogP contribution in [-0.2, 0) is 16.0 Å². The van der Waals surface area contributed by atoms with Crippen molar-refractivity contribution in [2.45, 2.75) is 64.6 Å². The largest absolute Gasteiger partial charge is 0.461 e. The van der Waals surface area contributed by atoms with Crippen molar-refractivity contribution in [3.63, 3.8) is 0 Å². The lowest BCUT2D eigenvalue weighted by atomic mass is 9.55. The van der Waals surface area contributed by atoms with Gasteiger partial charge in [-0.2, -0.15) is 0 Å². The van der Waals surface area contributed by atoms with Crippen LogP contribution in [0.5, 0.6) is 0 Å². The summed E-state index contributed by atoms with van der Waals surface area (Å²) in [4.78, 5) is 15.3. The number of fused-ring (bicyclic) bond motifs is 2. The van der Waals surface area contributed by atoms with Crippen molar-refractivity contribution in [1.29, 1.82) is 0 Å². The van der Waals surface area contributed by atoms with Gasteiger partial charge < -0.3 is 14.7 Å². The highest BCUT2D eigenvalue weighted by atomic mass is 16.6. The number of hydrogen-bond acceptors (Lipinski definition) is 4. The van der Waals surface area contributed by atoms with Gasteiger partial charge in [-0.15, -0.1) is 0 Å². The molecule has 0 aromatic heterocycles. The van der Waals surface area contributed by atoms with Gasteiger partial charge in [0.05, 0.1) is 12.0 Å². The van der Waals surface area contributed by atoms with Crippen LogP contribution >= 0.6 is 0 Å². The molecule has 6 atom stereocenters. The summed E-state index contributed by atoms with van der Waals surface area (Å²) >= 11 is 0. The van der Waals surface area contributed by atoms with Gasteiger partial charge in [0, 0.05) is 24.3 Å². The molecule has 3 fully saturated rings. The fraction of sp³-hybridized carbons (Fsp3) is 0.667. The van der Waals surface area contributed by atoms with Gasteiger partial charge in [-0.05, 0) is 62.6 Å². The number of esters is 1. The smallest absolute Gasteiger partial charge is 0.311 e. The lowest BCUT2D eigenvalue weighted by molar-refractivity contribution is -0.145. The highest BCUT2D eigenvalue weighted by Gasteiger charge is 2.59. The highest BCUT2D eigenvalue weighted by Crippen LogP contribution is 2.56. The predicted octanol–water partition coefficient (Wildman–Crippen LogP) is 4.23. The minimum Gasteiger partial charge on any atom is -0.461 e. The van der Waals surface area contributed by atoms with E-state index in [0.29, 0.717) is 5.92 Å². The third-order valence-corrected chi connectivity index (χ3v) is 9.10. The number of aliphatic hydroxyl groups excluding tert-OH is 1. The van der Waals surface area contributed by atoms with Crippen molar-refractivity contribution in [3.05, 3.63) is 47.5 Å². The first kappa shape index (κ1) is 21.2. The molecule has 5 rings (SSSR count). The predicted molar refractivity (Wildman–Crippen MR) is 121 cm³/mol. The number of allylic oxidation sites excluding steroid dienone is 1. The number of hydrogen-bond donors (Lipinski definition) is 1. The molecule has 0 spiro atoms. The Morgan fingerprint density at radius 1 is 1.16 bits per heavy atom. The van der Waals surface area contributed by atoms with Crippen LogP contribution in [0, 0.1) is 29.1 Å². The van der Waals surface area contributed by atoms with Crippen molar-refractivity contribution < 1.29 is 14.6 Å². The zero-order valence-electron chi connectivity index (χ0n) is 19.0. The number of nitrogens with zero attached hydrogens (tertiary/aromatic N) is 1. The molecule has 6 unspecified atom stereocenters. The van der Waals surface area contributed by atoms with Crippen LogP contribution in [0.1, 0.15) is 51.5 Å².